The van der Waals surface area contributed by atoms with Gasteiger partial charge in [0.1, 0.15) is 6.04 Å². The lowest BCUT2D eigenvalue weighted by molar-refractivity contribution is -0.147. The van der Waals surface area contributed by atoms with Gasteiger partial charge in [-0.15, -0.1) is 0 Å². The van der Waals surface area contributed by atoms with E-state index in [1.165, 1.54) is 0 Å². The van der Waals surface area contributed by atoms with E-state index >= 15 is 0 Å². The van der Waals surface area contributed by atoms with Crippen LogP contribution in [0, 0.1) is 33.5 Å². The highest BCUT2D eigenvalue weighted by Gasteiger charge is 2.85. The van der Waals surface area contributed by atoms with Crippen molar-refractivity contribution in [3.05, 3.63) is 0 Å². The molecule has 224 valence electrons. The van der Waals surface area contributed by atoms with Crippen molar-refractivity contribution in [2.75, 3.05) is 6.54 Å². The first-order valence-corrected chi connectivity index (χ1v) is 15.1. The van der Waals surface area contributed by atoms with Crippen LogP contribution in [0.4, 0.5) is 0 Å². The predicted molar refractivity (Wildman–Crippen MR) is 152 cm³/mol. The average molecular weight is 559 g/mol. The summed E-state index contributed by atoms with van der Waals surface area (Å²) in [6.45, 7) is 14.0. The molecular weight excluding hydrogens is 508 g/mol. The van der Waals surface area contributed by atoms with E-state index in [1.54, 1.807) is 18.7 Å². The number of primary amides is 1. The number of ketones is 2. The van der Waals surface area contributed by atoms with Gasteiger partial charge in [0.05, 0.1) is 11.6 Å². The Hall–Kier alpha value is -2.29. The number of rotatable bonds is 10. The molecule has 3 saturated carbocycles. The number of carbonyl (C=O) groups excluding carboxylic acids is 5. The summed E-state index contributed by atoms with van der Waals surface area (Å²) in [5.41, 5.74) is 9.69. The van der Waals surface area contributed by atoms with Crippen LogP contribution in [0.2, 0.25) is 0 Å². The molecule has 4 rings (SSSR count). The topological polar surface area (TPSA) is 153 Å². The minimum atomic E-state index is -1.08. The van der Waals surface area contributed by atoms with Gasteiger partial charge in [0.15, 0.2) is 5.78 Å². The summed E-state index contributed by atoms with van der Waals surface area (Å²) in [7, 11) is 0. The Morgan fingerprint density at radius 1 is 0.975 bits per heavy atom. The molecule has 9 heteroatoms. The highest BCUT2D eigenvalue weighted by molar-refractivity contribution is 6.37. The molecule has 0 aromatic carbocycles. The van der Waals surface area contributed by atoms with E-state index in [2.05, 4.69) is 19.2 Å². The van der Waals surface area contributed by atoms with Gasteiger partial charge in [-0.05, 0) is 61.7 Å². The van der Waals surface area contributed by atoms with Crippen molar-refractivity contribution in [3.63, 3.8) is 0 Å². The van der Waals surface area contributed by atoms with Crippen LogP contribution in [-0.2, 0) is 24.0 Å². The summed E-state index contributed by atoms with van der Waals surface area (Å²) < 4.78 is 0. The minimum Gasteiger partial charge on any atom is -0.363 e. The Bertz CT molecular complexity index is 1090. The van der Waals surface area contributed by atoms with Crippen LogP contribution in [0.25, 0.3) is 0 Å². The Morgan fingerprint density at radius 3 is 1.98 bits per heavy atom. The third-order valence-corrected chi connectivity index (χ3v) is 11.5. The third-order valence-electron chi connectivity index (χ3n) is 11.5. The fourth-order valence-corrected chi connectivity index (χ4v) is 8.21. The normalized spacial score (nSPS) is 28.4. The number of hydrogen-bond donors (Lipinski definition) is 3. The number of nitrogens with two attached hydrogens (primary N) is 2. The zero-order valence-corrected chi connectivity index (χ0v) is 25.5. The SMILES string of the molecule is CC(C)(N)C(=O)C[C@H](C(=O)N1C[C@]2(C[C@H]1C(=O)NC(CC1CCC1)C(=O)C(N)=O)C(C)(C)C21CCC1)C(C)(C)C. The molecule has 4 aliphatic rings. The smallest absolute Gasteiger partial charge is 0.287 e. The molecule has 2 spiro atoms. The Kier molecular flexibility index (Phi) is 7.60. The lowest BCUT2D eigenvalue weighted by Gasteiger charge is -2.36. The Labute approximate surface area is 238 Å². The van der Waals surface area contributed by atoms with Gasteiger partial charge in [0.2, 0.25) is 17.6 Å². The standard InChI is InChI=1S/C31H50N4O5/c1-27(2,3)19(15-22(36)28(4,5)33)26(40)35-17-31(29(6,7)30(31)12-9-13-30)16-21(35)25(39)34-20(23(37)24(32)38)14-18-10-8-11-18/h18-21H,8-17,33H2,1-7H3,(H2,32,38)(H,34,39)/t19-,20?,21+,31-/m1/s1. The van der Waals surface area contributed by atoms with Crippen LogP contribution < -0.4 is 16.8 Å². The summed E-state index contributed by atoms with van der Waals surface area (Å²) in [4.78, 5) is 67.6. The van der Waals surface area contributed by atoms with Crippen LogP contribution in [0.5, 0.6) is 0 Å². The maximum atomic E-state index is 14.4. The fourth-order valence-electron chi connectivity index (χ4n) is 8.21. The molecule has 1 heterocycles. The number of Topliss-reactive ketones (excluding diaryl/α,β-unsaturated/α-hetero) is 2. The second-order valence-electron chi connectivity index (χ2n) is 15.4. The quantitative estimate of drug-likeness (QED) is 0.351. The van der Waals surface area contributed by atoms with Gasteiger partial charge < -0.3 is 21.7 Å². The van der Waals surface area contributed by atoms with Crippen LogP contribution in [0.1, 0.15) is 106 Å². The molecule has 1 unspecified atom stereocenters. The number of nitrogens with zero attached hydrogens (tertiary/aromatic N) is 1. The van der Waals surface area contributed by atoms with Gasteiger partial charge in [-0.1, -0.05) is 60.3 Å². The lowest BCUT2D eigenvalue weighted by Crippen LogP contribution is -2.55. The third kappa shape index (κ3) is 4.80. The van der Waals surface area contributed by atoms with Crippen LogP contribution in [0.15, 0.2) is 0 Å². The summed E-state index contributed by atoms with van der Waals surface area (Å²) in [6, 6.07) is -1.78. The van der Waals surface area contributed by atoms with Crippen molar-refractivity contribution < 1.29 is 24.0 Å². The van der Waals surface area contributed by atoms with E-state index in [9.17, 15) is 24.0 Å². The minimum absolute atomic E-state index is 0.0112. The van der Waals surface area contributed by atoms with Crippen molar-refractivity contribution in [2.45, 2.75) is 124 Å². The molecule has 4 fully saturated rings. The zero-order chi connectivity index (χ0) is 30.1. The molecule has 3 amide bonds. The number of amides is 3. The number of nitrogens with one attached hydrogen (secondary N) is 1. The molecule has 1 saturated heterocycles. The second kappa shape index (κ2) is 9.92. The first kappa shape index (κ1) is 30.7. The number of likely N-dealkylation sites (tertiary alicyclic amines) is 1. The largest absolute Gasteiger partial charge is 0.363 e. The molecule has 1 aliphatic heterocycles. The summed E-state index contributed by atoms with van der Waals surface area (Å²) in [5, 5.41) is 2.85. The Balaban J connectivity index is 1.65. The Morgan fingerprint density at radius 2 is 1.57 bits per heavy atom. The lowest BCUT2D eigenvalue weighted by atomic mass is 9.73. The van der Waals surface area contributed by atoms with E-state index in [1.807, 2.05) is 20.8 Å². The van der Waals surface area contributed by atoms with Crippen LogP contribution in [-0.4, -0.2) is 58.4 Å². The van der Waals surface area contributed by atoms with E-state index in [-0.39, 0.29) is 40.3 Å². The van der Waals surface area contributed by atoms with E-state index in [4.69, 9.17) is 11.5 Å². The predicted octanol–water partition coefficient (Wildman–Crippen LogP) is 2.87. The van der Waals surface area contributed by atoms with Crippen molar-refractivity contribution in [3.8, 4) is 0 Å². The van der Waals surface area contributed by atoms with Crippen molar-refractivity contribution >= 4 is 29.3 Å². The van der Waals surface area contributed by atoms with Crippen molar-refractivity contribution in [1.29, 1.82) is 0 Å². The second-order valence-corrected chi connectivity index (χ2v) is 15.4. The highest BCUT2D eigenvalue weighted by Crippen LogP contribution is 2.88. The molecule has 0 radical (unpaired) electrons. The van der Waals surface area contributed by atoms with Gasteiger partial charge in [0.25, 0.3) is 5.91 Å². The summed E-state index contributed by atoms with van der Waals surface area (Å²) in [6.07, 6.45) is 7.11. The molecule has 4 atom stereocenters. The average Bonchev–Trinajstić information content (AvgIpc) is 3.02. The zero-order valence-electron chi connectivity index (χ0n) is 25.5. The molecule has 5 N–H and O–H groups in total. The molecule has 0 aromatic rings. The maximum absolute atomic E-state index is 14.4. The molecule has 3 aliphatic carbocycles. The fraction of sp³-hybridized carbons (Fsp3) is 0.839. The summed E-state index contributed by atoms with van der Waals surface area (Å²) >= 11 is 0. The first-order chi connectivity index (χ1) is 18.3. The molecule has 0 aromatic heterocycles. The van der Waals surface area contributed by atoms with E-state index in [0.29, 0.717) is 19.4 Å². The van der Waals surface area contributed by atoms with Gasteiger partial charge in [-0.2, -0.15) is 0 Å². The molecular formula is C31H50N4O5. The van der Waals surface area contributed by atoms with Crippen LogP contribution in [0.3, 0.4) is 0 Å². The van der Waals surface area contributed by atoms with Gasteiger partial charge in [0, 0.05) is 24.3 Å². The van der Waals surface area contributed by atoms with Crippen LogP contribution >= 0.6 is 0 Å². The van der Waals surface area contributed by atoms with Gasteiger partial charge >= 0.3 is 0 Å². The van der Waals surface area contributed by atoms with Gasteiger partial charge in [-0.25, -0.2) is 0 Å². The molecule has 0 bridgehead atoms. The monoisotopic (exact) mass is 558 g/mol. The first-order valence-electron chi connectivity index (χ1n) is 15.1. The number of hydrogen-bond acceptors (Lipinski definition) is 6. The molecule has 40 heavy (non-hydrogen) atoms. The van der Waals surface area contributed by atoms with E-state index in [0.717, 1.165) is 38.5 Å². The van der Waals surface area contributed by atoms with Crippen molar-refractivity contribution in [2.24, 2.45) is 45.0 Å². The number of carbonyl (C=O) groups is 5. The van der Waals surface area contributed by atoms with E-state index < -0.39 is 46.6 Å². The summed E-state index contributed by atoms with van der Waals surface area (Å²) in [5.74, 6) is -3.10. The highest BCUT2D eigenvalue weighted by atomic mass is 16.2. The maximum Gasteiger partial charge on any atom is 0.287 e. The molecule has 9 nitrogen and oxygen atoms in total. The van der Waals surface area contributed by atoms with Crippen molar-refractivity contribution in [1.82, 2.24) is 10.2 Å². The van der Waals surface area contributed by atoms with Gasteiger partial charge in [-0.3, -0.25) is 24.0 Å². The number of fused-ring (bicyclic) bond motifs is 1.